The summed E-state index contributed by atoms with van der Waals surface area (Å²) < 4.78 is 148. The summed E-state index contributed by atoms with van der Waals surface area (Å²) in [4.78, 5) is 0. The monoisotopic (exact) mass is 520 g/mol. The highest BCUT2D eigenvalue weighted by atomic mass is 31.2. The molecule has 0 aromatic heterocycles. The van der Waals surface area contributed by atoms with Gasteiger partial charge in [-0.3, -0.25) is 4.52 Å². The zero-order chi connectivity index (χ0) is 25.4. The smallest absolute Gasteiger partial charge is 0.460 e. The summed E-state index contributed by atoms with van der Waals surface area (Å²) in [6, 6.07) is 3.92. The highest BCUT2D eigenvalue weighted by molar-refractivity contribution is 7.53. The number of halogens is 9. The van der Waals surface area contributed by atoms with Crippen LogP contribution < -0.4 is 9.26 Å². The number of methoxy groups -OCH3 is 1. The molecule has 1 aromatic rings. The summed E-state index contributed by atoms with van der Waals surface area (Å²) in [6.07, 6.45) is -10.2. The molecule has 0 heterocycles. The number of benzene rings is 1. The van der Waals surface area contributed by atoms with Gasteiger partial charge in [-0.15, -0.1) is 0 Å². The van der Waals surface area contributed by atoms with Crippen LogP contribution in [0, 0.1) is 0 Å². The minimum atomic E-state index is -7.08. The molecular formula is C17H22F9O4PSi. The summed E-state index contributed by atoms with van der Waals surface area (Å²) in [7, 11) is -6.25. The third kappa shape index (κ3) is 6.34. The predicted octanol–water partition coefficient (Wildman–Crippen LogP) is 7.09. The van der Waals surface area contributed by atoms with Gasteiger partial charge in [0.25, 0.3) is 0 Å². The van der Waals surface area contributed by atoms with Crippen LogP contribution in [0.5, 0.6) is 11.5 Å². The molecule has 0 N–H and O–H groups in total. The third-order valence-electron chi connectivity index (χ3n) is 4.02. The Bertz CT molecular complexity index is 823. The second-order valence-electron chi connectivity index (χ2n) is 8.17. The van der Waals surface area contributed by atoms with Crippen LogP contribution in [0.2, 0.25) is 25.7 Å². The Hall–Kier alpha value is -1.40. The van der Waals surface area contributed by atoms with Crippen LogP contribution in [0.1, 0.15) is 0 Å². The maximum atomic E-state index is 14.6. The SMILES string of the molecule is COc1ccc(OP(C)(=O)OC(C[Si](C)(C)C)C(F)(F)C(F)(F)C(F)(F)C(F)(F)F)cc1. The van der Waals surface area contributed by atoms with E-state index in [9.17, 15) is 44.1 Å². The molecular weight excluding hydrogens is 498 g/mol. The van der Waals surface area contributed by atoms with Crippen LogP contribution in [0.15, 0.2) is 24.3 Å². The average molecular weight is 520 g/mol. The Labute approximate surface area is 179 Å². The molecule has 0 saturated carbocycles. The van der Waals surface area contributed by atoms with E-state index in [0.29, 0.717) is 12.4 Å². The molecule has 2 atom stereocenters. The van der Waals surface area contributed by atoms with Gasteiger partial charge in [0.2, 0.25) is 0 Å². The van der Waals surface area contributed by atoms with E-state index < -0.39 is 51.8 Å². The quantitative estimate of drug-likeness (QED) is 0.188. The Balaban J connectivity index is 3.35. The standard InChI is InChI=1S/C17H22F9O4PSi/c1-28-11-6-8-12(9-7-11)29-31(2,27)30-13(10-32(3,4)5)14(18,19)15(20,21)16(22,23)17(24,25)26/h6-9,13H,10H2,1-5H3. The molecule has 4 nitrogen and oxygen atoms in total. The van der Waals surface area contributed by atoms with Gasteiger partial charge in [0.15, 0.2) is 0 Å². The third-order valence-corrected chi connectivity index (χ3v) is 6.80. The fourth-order valence-electron chi connectivity index (χ4n) is 2.46. The molecule has 0 spiro atoms. The van der Waals surface area contributed by atoms with E-state index in [4.69, 9.17) is 9.26 Å². The number of alkyl halides is 9. The van der Waals surface area contributed by atoms with E-state index in [1.54, 1.807) is 0 Å². The van der Waals surface area contributed by atoms with Gasteiger partial charge in [-0.05, 0) is 30.3 Å². The number of ether oxygens (including phenoxy) is 1. The van der Waals surface area contributed by atoms with Crippen LogP contribution in [-0.4, -0.2) is 51.9 Å². The maximum Gasteiger partial charge on any atom is 0.460 e. The molecule has 0 saturated heterocycles. The van der Waals surface area contributed by atoms with Crippen molar-refractivity contribution in [3.8, 4) is 11.5 Å². The summed E-state index contributed by atoms with van der Waals surface area (Å²) in [5, 5.41) is 0. The van der Waals surface area contributed by atoms with E-state index in [2.05, 4.69) is 4.52 Å². The minimum Gasteiger partial charge on any atom is -0.497 e. The van der Waals surface area contributed by atoms with Gasteiger partial charge in [-0.25, -0.2) is 4.57 Å². The zero-order valence-electron chi connectivity index (χ0n) is 17.6. The Kier molecular flexibility index (Phi) is 8.13. The first-order valence-corrected chi connectivity index (χ1v) is 14.6. The number of rotatable bonds is 10. The average Bonchev–Trinajstić information content (AvgIpc) is 2.58. The molecule has 186 valence electrons. The summed E-state index contributed by atoms with van der Waals surface area (Å²) in [5.74, 6) is -20.0. The maximum absolute atomic E-state index is 14.6. The highest BCUT2D eigenvalue weighted by Crippen LogP contribution is 2.58. The highest BCUT2D eigenvalue weighted by Gasteiger charge is 2.83. The van der Waals surface area contributed by atoms with Crippen molar-refractivity contribution in [3.63, 3.8) is 0 Å². The second kappa shape index (κ2) is 9.09. The van der Waals surface area contributed by atoms with Gasteiger partial charge in [-0.1, -0.05) is 19.6 Å². The first-order chi connectivity index (χ1) is 14.1. The first kappa shape index (κ1) is 28.6. The predicted molar refractivity (Wildman–Crippen MR) is 101 cm³/mol. The van der Waals surface area contributed by atoms with Gasteiger partial charge >= 0.3 is 31.5 Å². The molecule has 2 unspecified atom stereocenters. The molecule has 15 heteroatoms. The molecule has 0 bridgehead atoms. The number of hydrogen-bond acceptors (Lipinski definition) is 4. The van der Waals surface area contributed by atoms with Crippen molar-refractivity contribution in [2.75, 3.05) is 13.8 Å². The van der Waals surface area contributed by atoms with Gasteiger partial charge in [0.1, 0.15) is 17.6 Å². The van der Waals surface area contributed by atoms with Gasteiger partial charge < -0.3 is 9.26 Å². The van der Waals surface area contributed by atoms with Gasteiger partial charge in [-0.2, -0.15) is 39.5 Å². The Morgan fingerprint density at radius 2 is 1.31 bits per heavy atom. The van der Waals surface area contributed by atoms with E-state index in [1.165, 1.54) is 38.9 Å². The van der Waals surface area contributed by atoms with Crippen LogP contribution in [0.25, 0.3) is 0 Å². The van der Waals surface area contributed by atoms with Gasteiger partial charge in [0, 0.05) is 14.7 Å². The summed E-state index contributed by atoms with van der Waals surface area (Å²) >= 11 is 0. The Morgan fingerprint density at radius 1 is 0.875 bits per heavy atom. The normalized spacial score (nSPS) is 16.9. The first-order valence-electron chi connectivity index (χ1n) is 8.87. The number of hydrogen-bond donors (Lipinski definition) is 0. The van der Waals surface area contributed by atoms with Crippen molar-refractivity contribution in [1.82, 2.24) is 0 Å². The molecule has 32 heavy (non-hydrogen) atoms. The zero-order valence-corrected chi connectivity index (χ0v) is 19.5. The molecule has 0 aliphatic carbocycles. The van der Waals surface area contributed by atoms with E-state index in [1.807, 2.05) is 0 Å². The second-order valence-corrected chi connectivity index (χ2v) is 15.6. The lowest BCUT2D eigenvalue weighted by Gasteiger charge is -2.39. The fourth-order valence-corrected chi connectivity index (χ4v) is 5.27. The largest absolute Gasteiger partial charge is 0.497 e. The lowest BCUT2D eigenvalue weighted by atomic mass is 10.00. The fraction of sp³-hybridized carbons (Fsp3) is 0.647. The van der Waals surface area contributed by atoms with Gasteiger partial charge in [0.05, 0.1) is 7.11 Å². The summed E-state index contributed by atoms with van der Waals surface area (Å²) in [6.45, 7) is 4.66. The van der Waals surface area contributed by atoms with Crippen LogP contribution in [-0.2, 0) is 9.09 Å². The topological polar surface area (TPSA) is 44.8 Å². The van der Waals surface area contributed by atoms with Crippen molar-refractivity contribution in [2.45, 2.75) is 55.7 Å². The molecule has 1 aromatic carbocycles. The van der Waals surface area contributed by atoms with E-state index >= 15 is 0 Å². The minimum absolute atomic E-state index is 0.237. The van der Waals surface area contributed by atoms with Crippen LogP contribution in [0.4, 0.5) is 39.5 Å². The van der Waals surface area contributed by atoms with E-state index in [-0.39, 0.29) is 5.75 Å². The molecule has 0 radical (unpaired) electrons. The van der Waals surface area contributed by atoms with Crippen LogP contribution >= 0.6 is 7.60 Å². The lowest BCUT2D eigenvalue weighted by molar-refractivity contribution is -0.403. The lowest BCUT2D eigenvalue weighted by Crippen LogP contribution is -2.65. The molecule has 1 rings (SSSR count). The van der Waals surface area contributed by atoms with E-state index in [0.717, 1.165) is 12.1 Å². The summed E-state index contributed by atoms with van der Waals surface area (Å²) in [5.41, 5.74) is 0. The van der Waals surface area contributed by atoms with Crippen molar-refractivity contribution in [2.24, 2.45) is 0 Å². The molecule has 0 fully saturated rings. The van der Waals surface area contributed by atoms with Crippen molar-refractivity contribution in [3.05, 3.63) is 24.3 Å². The molecule has 0 amide bonds. The van der Waals surface area contributed by atoms with Crippen molar-refractivity contribution < 1.29 is 57.9 Å². The van der Waals surface area contributed by atoms with Crippen LogP contribution in [0.3, 0.4) is 0 Å². The molecule has 0 aliphatic rings. The Morgan fingerprint density at radius 3 is 1.69 bits per heavy atom. The van der Waals surface area contributed by atoms with Crippen molar-refractivity contribution in [1.29, 1.82) is 0 Å². The molecule has 0 aliphatic heterocycles. The van der Waals surface area contributed by atoms with Crippen molar-refractivity contribution >= 4 is 15.7 Å².